The maximum Gasteiger partial charge on any atom is 0.0938 e. The highest BCUT2D eigenvalue weighted by Gasteiger charge is 2.25. The van der Waals surface area contributed by atoms with Crippen LogP contribution in [0.2, 0.25) is 0 Å². The van der Waals surface area contributed by atoms with E-state index < -0.39 is 0 Å². The Labute approximate surface area is 145 Å². The number of hydrogen-bond acceptors (Lipinski definition) is 3. The standard InChI is InChI=1S/C17H11BrS3/c18-12-7-5-11(6-8-12)13-9-10-16(19-13)17-20-14-3-1-2-4-15(14)21-17/h1-10,17H. The van der Waals surface area contributed by atoms with Crippen LogP contribution in [0.5, 0.6) is 0 Å². The molecule has 0 N–H and O–H groups in total. The fraction of sp³-hybridized carbons (Fsp3) is 0.0588. The highest BCUT2D eigenvalue weighted by Crippen LogP contribution is 2.58. The molecule has 0 nitrogen and oxygen atoms in total. The van der Waals surface area contributed by atoms with E-state index in [0.717, 1.165) is 4.47 Å². The van der Waals surface area contributed by atoms with Gasteiger partial charge in [-0.2, -0.15) is 0 Å². The van der Waals surface area contributed by atoms with Gasteiger partial charge < -0.3 is 0 Å². The molecule has 0 amide bonds. The summed E-state index contributed by atoms with van der Waals surface area (Å²) >= 11 is 9.33. The van der Waals surface area contributed by atoms with Crippen molar-refractivity contribution in [3.63, 3.8) is 0 Å². The molecule has 1 aliphatic rings. The molecule has 0 fully saturated rings. The maximum absolute atomic E-state index is 3.49. The van der Waals surface area contributed by atoms with Gasteiger partial charge in [-0.25, -0.2) is 0 Å². The number of benzene rings is 2. The lowest BCUT2D eigenvalue weighted by molar-refractivity contribution is 1.27. The molecule has 0 radical (unpaired) electrons. The van der Waals surface area contributed by atoms with E-state index in [2.05, 4.69) is 76.6 Å². The van der Waals surface area contributed by atoms with E-state index in [1.165, 1.54) is 25.1 Å². The Kier molecular flexibility index (Phi) is 3.88. The van der Waals surface area contributed by atoms with Gasteiger partial charge >= 0.3 is 0 Å². The summed E-state index contributed by atoms with van der Waals surface area (Å²) in [6.45, 7) is 0. The SMILES string of the molecule is Brc1ccc(-c2ccc(C3Sc4ccccc4S3)s2)cc1. The molecule has 2 heterocycles. The first kappa shape index (κ1) is 13.9. The van der Waals surface area contributed by atoms with Crippen molar-refractivity contribution in [2.45, 2.75) is 14.4 Å². The number of fused-ring (bicyclic) bond motifs is 1. The molecular weight excluding hydrogens is 380 g/mol. The van der Waals surface area contributed by atoms with Crippen LogP contribution in [-0.2, 0) is 0 Å². The predicted molar refractivity (Wildman–Crippen MR) is 98.4 cm³/mol. The first-order valence-corrected chi connectivity index (χ1v) is 9.94. The zero-order valence-electron chi connectivity index (χ0n) is 11.0. The van der Waals surface area contributed by atoms with Gasteiger partial charge in [0.25, 0.3) is 0 Å². The van der Waals surface area contributed by atoms with E-state index in [9.17, 15) is 0 Å². The third-order valence-electron chi connectivity index (χ3n) is 3.31. The first-order chi connectivity index (χ1) is 10.3. The first-order valence-electron chi connectivity index (χ1n) is 6.57. The van der Waals surface area contributed by atoms with Gasteiger partial charge in [-0.15, -0.1) is 34.9 Å². The summed E-state index contributed by atoms with van der Waals surface area (Å²) in [5.41, 5.74) is 1.29. The summed E-state index contributed by atoms with van der Waals surface area (Å²) in [7, 11) is 0. The summed E-state index contributed by atoms with van der Waals surface area (Å²) < 4.78 is 1.62. The Morgan fingerprint density at radius 1 is 0.762 bits per heavy atom. The maximum atomic E-state index is 3.49. The lowest BCUT2D eigenvalue weighted by atomic mass is 10.2. The highest BCUT2D eigenvalue weighted by atomic mass is 79.9. The summed E-state index contributed by atoms with van der Waals surface area (Å²) in [5, 5.41) is 0. The second kappa shape index (κ2) is 5.84. The van der Waals surface area contributed by atoms with E-state index >= 15 is 0 Å². The Morgan fingerprint density at radius 2 is 1.43 bits per heavy atom. The van der Waals surface area contributed by atoms with Crippen LogP contribution < -0.4 is 0 Å². The Hall–Kier alpha value is -0.680. The third-order valence-corrected chi connectivity index (χ3v) is 8.19. The summed E-state index contributed by atoms with van der Waals surface area (Å²) in [6.07, 6.45) is 0. The van der Waals surface area contributed by atoms with Crippen LogP contribution in [0.15, 0.2) is 74.9 Å². The van der Waals surface area contributed by atoms with Crippen molar-refractivity contribution in [1.29, 1.82) is 0 Å². The Bertz CT molecular complexity index is 752. The van der Waals surface area contributed by atoms with E-state index in [4.69, 9.17) is 0 Å². The molecule has 1 aromatic heterocycles. The van der Waals surface area contributed by atoms with Gasteiger partial charge in [-0.05, 0) is 42.0 Å². The molecule has 0 unspecified atom stereocenters. The van der Waals surface area contributed by atoms with Crippen molar-refractivity contribution >= 4 is 50.8 Å². The minimum absolute atomic E-state index is 0.497. The number of hydrogen-bond donors (Lipinski definition) is 0. The lowest BCUT2D eigenvalue weighted by Crippen LogP contribution is -1.75. The van der Waals surface area contributed by atoms with E-state index in [1.54, 1.807) is 0 Å². The molecule has 0 saturated carbocycles. The minimum atomic E-state index is 0.497. The van der Waals surface area contributed by atoms with Gasteiger partial charge in [0.05, 0.1) is 4.58 Å². The molecule has 4 heteroatoms. The second-order valence-electron chi connectivity index (χ2n) is 4.72. The average Bonchev–Trinajstić information content (AvgIpc) is 3.14. The van der Waals surface area contributed by atoms with Crippen molar-refractivity contribution in [3.8, 4) is 10.4 Å². The van der Waals surface area contributed by atoms with E-state index in [-0.39, 0.29) is 0 Å². The Balaban J connectivity index is 1.60. The molecule has 2 aromatic carbocycles. The molecule has 1 aliphatic heterocycles. The highest BCUT2D eigenvalue weighted by molar-refractivity contribution is 9.10. The van der Waals surface area contributed by atoms with Gasteiger partial charge in [0.2, 0.25) is 0 Å². The fourth-order valence-corrected chi connectivity index (χ4v) is 6.62. The monoisotopic (exact) mass is 390 g/mol. The van der Waals surface area contributed by atoms with Crippen molar-refractivity contribution in [2.24, 2.45) is 0 Å². The van der Waals surface area contributed by atoms with Crippen molar-refractivity contribution in [2.75, 3.05) is 0 Å². The zero-order valence-corrected chi connectivity index (χ0v) is 15.0. The minimum Gasteiger partial charge on any atom is -0.138 e. The molecular formula is C17H11BrS3. The van der Waals surface area contributed by atoms with Crippen LogP contribution in [0.1, 0.15) is 9.46 Å². The quantitative estimate of drug-likeness (QED) is 0.458. The summed E-state index contributed by atoms with van der Waals surface area (Å²) in [6, 6.07) is 21.7. The van der Waals surface area contributed by atoms with Crippen LogP contribution in [-0.4, -0.2) is 0 Å². The third kappa shape index (κ3) is 2.82. The molecule has 0 aliphatic carbocycles. The number of rotatable bonds is 2. The van der Waals surface area contributed by atoms with Gasteiger partial charge in [0.1, 0.15) is 0 Å². The molecule has 21 heavy (non-hydrogen) atoms. The van der Waals surface area contributed by atoms with Crippen LogP contribution in [0, 0.1) is 0 Å². The molecule has 0 bridgehead atoms. The van der Waals surface area contributed by atoms with Crippen molar-refractivity contribution in [1.82, 2.24) is 0 Å². The molecule has 104 valence electrons. The largest absolute Gasteiger partial charge is 0.138 e. The van der Waals surface area contributed by atoms with Gasteiger partial charge in [-0.3, -0.25) is 0 Å². The second-order valence-corrected chi connectivity index (χ2v) is 9.35. The van der Waals surface area contributed by atoms with Crippen LogP contribution >= 0.6 is 50.8 Å². The normalized spacial score (nSPS) is 14.3. The lowest BCUT2D eigenvalue weighted by Gasteiger charge is -2.03. The van der Waals surface area contributed by atoms with Gasteiger partial charge in [-0.1, -0.05) is 40.2 Å². The number of thioether (sulfide) groups is 2. The van der Waals surface area contributed by atoms with Crippen LogP contribution in [0.4, 0.5) is 0 Å². The topological polar surface area (TPSA) is 0 Å². The molecule has 4 rings (SSSR count). The van der Waals surface area contributed by atoms with Crippen molar-refractivity contribution < 1.29 is 0 Å². The summed E-state index contributed by atoms with van der Waals surface area (Å²) in [4.78, 5) is 5.60. The van der Waals surface area contributed by atoms with Crippen molar-refractivity contribution in [3.05, 3.63) is 70.0 Å². The van der Waals surface area contributed by atoms with Gasteiger partial charge in [0.15, 0.2) is 0 Å². The number of thiophene rings is 1. The average molecular weight is 391 g/mol. The van der Waals surface area contributed by atoms with Crippen LogP contribution in [0.25, 0.3) is 10.4 Å². The van der Waals surface area contributed by atoms with Gasteiger partial charge in [0, 0.05) is 24.0 Å². The molecule has 0 saturated heterocycles. The summed E-state index contributed by atoms with van der Waals surface area (Å²) in [5.74, 6) is 0. The number of halogens is 1. The smallest absolute Gasteiger partial charge is 0.0938 e. The Morgan fingerprint density at radius 3 is 2.10 bits per heavy atom. The fourth-order valence-electron chi connectivity index (χ4n) is 2.26. The zero-order chi connectivity index (χ0) is 14.2. The molecule has 0 atom stereocenters. The van der Waals surface area contributed by atoms with E-state index in [0.29, 0.717) is 4.58 Å². The predicted octanol–water partition coefficient (Wildman–Crippen LogP) is 7.07. The van der Waals surface area contributed by atoms with Crippen LogP contribution in [0.3, 0.4) is 0 Å². The molecule has 3 aromatic rings. The molecule has 0 spiro atoms. The van der Waals surface area contributed by atoms with E-state index in [1.807, 2.05) is 34.9 Å².